The third-order valence-electron chi connectivity index (χ3n) is 2.44. The lowest BCUT2D eigenvalue weighted by molar-refractivity contribution is -0.0621. The molecule has 2 N–H and O–H groups in total. The van der Waals surface area contributed by atoms with Crippen molar-refractivity contribution in [3.8, 4) is 0 Å². The van der Waals surface area contributed by atoms with Crippen molar-refractivity contribution < 1.29 is 14.3 Å². The van der Waals surface area contributed by atoms with Gasteiger partial charge in [0.2, 0.25) is 0 Å². The van der Waals surface area contributed by atoms with Crippen LogP contribution in [-0.4, -0.2) is 41.5 Å². The highest BCUT2D eigenvalue weighted by Crippen LogP contribution is 2.28. The zero-order valence-electron chi connectivity index (χ0n) is 10.7. The summed E-state index contributed by atoms with van der Waals surface area (Å²) < 4.78 is 10.9. The van der Waals surface area contributed by atoms with E-state index < -0.39 is 11.3 Å². The Balaban J connectivity index is 2.79. The number of ether oxygens (including phenoxy) is 2. The highest BCUT2D eigenvalue weighted by Gasteiger charge is 2.44. The molecular weight excluding hydrogens is 208 g/mol. The molecule has 94 valence electrons. The van der Waals surface area contributed by atoms with Gasteiger partial charge in [0.25, 0.3) is 0 Å². The van der Waals surface area contributed by atoms with Crippen LogP contribution < -0.4 is 5.73 Å². The summed E-state index contributed by atoms with van der Waals surface area (Å²) in [6.07, 6.45) is -0.370. The highest BCUT2D eigenvalue weighted by molar-refractivity contribution is 5.69. The van der Waals surface area contributed by atoms with Crippen LogP contribution in [0, 0.1) is 0 Å². The van der Waals surface area contributed by atoms with Gasteiger partial charge in [-0.25, -0.2) is 4.79 Å². The summed E-state index contributed by atoms with van der Waals surface area (Å²) in [5, 5.41) is 0. The van der Waals surface area contributed by atoms with Gasteiger partial charge in [0, 0.05) is 6.54 Å². The lowest BCUT2D eigenvalue weighted by Crippen LogP contribution is -2.51. The zero-order chi connectivity index (χ0) is 12.6. The number of amides is 1. The maximum absolute atomic E-state index is 12.0. The second kappa shape index (κ2) is 4.22. The molecule has 1 fully saturated rings. The summed E-state index contributed by atoms with van der Waals surface area (Å²) in [6.45, 7) is 10.0. The molecule has 0 aromatic heterocycles. The molecule has 0 spiro atoms. The Morgan fingerprint density at radius 3 is 2.56 bits per heavy atom. The van der Waals surface area contributed by atoms with Gasteiger partial charge < -0.3 is 15.2 Å². The maximum atomic E-state index is 12.0. The third-order valence-corrected chi connectivity index (χ3v) is 2.44. The van der Waals surface area contributed by atoms with E-state index in [1.54, 1.807) is 4.90 Å². The van der Waals surface area contributed by atoms with Gasteiger partial charge in [-0.1, -0.05) is 0 Å². The topological polar surface area (TPSA) is 64.8 Å². The quantitative estimate of drug-likeness (QED) is 0.737. The molecular formula is C11H22N2O3. The molecule has 0 aliphatic carbocycles. The molecule has 1 unspecified atom stereocenters. The normalized spacial score (nSPS) is 24.6. The first-order chi connectivity index (χ1) is 7.17. The minimum Gasteiger partial charge on any atom is -0.444 e. The van der Waals surface area contributed by atoms with Crippen LogP contribution in [-0.2, 0) is 9.47 Å². The molecule has 0 bridgehead atoms. The maximum Gasteiger partial charge on any atom is 0.412 e. The highest BCUT2D eigenvalue weighted by atomic mass is 16.6. The van der Waals surface area contributed by atoms with Crippen molar-refractivity contribution in [2.75, 3.05) is 13.2 Å². The second-order valence-electron chi connectivity index (χ2n) is 5.50. The van der Waals surface area contributed by atoms with E-state index in [1.807, 2.05) is 34.6 Å². The van der Waals surface area contributed by atoms with Crippen LogP contribution in [0.2, 0.25) is 0 Å². The van der Waals surface area contributed by atoms with Crippen molar-refractivity contribution >= 4 is 6.09 Å². The summed E-state index contributed by atoms with van der Waals surface area (Å²) in [6, 6.07) is -0.107. The monoisotopic (exact) mass is 230 g/mol. The third kappa shape index (κ3) is 2.86. The molecule has 1 heterocycles. The van der Waals surface area contributed by atoms with Gasteiger partial charge in [0.15, 0.2) is 0 Å². The number of hydrogen-bond acceptors (Lipinski definition) is 4. The van der Waals surface area contributed by atoms with Crippen molar-refractivity contribution in [1.82, 2.24) is 4.90 Å². The number of hydrogen-bond donors (Lipinski definition) is 1. The van der Waals surface area contributed by atoms with Crippen LogP contribution in [0.5, 0.6) is 0 Å². The number of nitrogens with two attached hydrogens (primary N) is 1. The fourth-order valence-electron chi connectivity index (χ4n) is 1.74. The Morgan fingerprint density at radius 2 is 2.12 bits per heavy atom. The van der Waals surface area contributed by atoms with Crippen LogP contribution in [0.4, 0.5) is 4.79 Å². The van der Waals surface area contributed by atoms with Crippen molar-refractivity contribution in [1.29, 1.82) is 0 Å². The van der Waals surface area contributed by atoms with E-state index in [1.165, 1.54) is 0 Å². The Labute approximate surface area is 96.9 Å². The average molecular weight is 230 g/mol. The fourth-order valence-corrected chi connectivity index (χ4v) is 1.74. The van der Waals surface area contributed by atoms with E-state index in [9.17, 15) is 4.79 Å². The number of nitrogens with zero attached hydrogens (tertiary/aromatic N) is 1. The molecule has 0 saturated carbocycles. The van der Waals surface area contributed by atoms with E-state index in [0.717, 1.165) is 0 Å². The van der Waals surface area contributed by atoms with Gasteiger partial charge in [-0.15, -0.1) is 0 Å². The van der Waals surface area contributed by atoms with Crippen molar-refractivity contribution in [2.45, 2.75) is 52.0 Å². The van der Waals surface area contributed by atoms with Gasteiger partial charge in [-0.05, 0) is 34.6 Å². The summed E-state index contributed by atoms with van der Waals surface area (Å²) in [5.74, 6) is 0. The van der Waals surface area contributed by atoms with Gasteiger partial charge in [-0.3, -0.25) is 4.90 Å². The average Bonchev–Trinajstić information content (AvgIpc) is 2.37. The minimum atomic E-state index is -0.646. The van der Waals surface area contributed by atoms with Gasteiger partial charge in [-0.2, -0.15) is 0 Å². The predicted molar refractivity (Wildman–Crippen MR) is 60.9 cm³/mol. The molecule has 1 aliphatic rings. The van der Waals surface area contributed by atoms with E-state index in [-0.39, 0.29) is 12.1 Å². The molecule has 1 atom stereocenters. The number of carbonyl (C=O) groups excluding carboxylic acids is 1. The molecule has 1 rings (SSSR count). The first-order valence-corrected chi connectivity index (χ1v) is 5.54. The molecule has 0 radical (unpaired) electrons. The van der Waals surface area contributed by atoms with Crippen LogP contribution in [0.1, 0.15) is 34.6 Å². The van der Waals surface area contributed by atoms with E-state index >= 15 is 0 Å². The van der Waals surface area contributed by atoms with Crippen LogP contribution in [0.15, 0.2) is 0 Å². The molecule has 1 saturated heterocycles. The van der Waals surface area contributed by atoms with Crippen LogP contribution in [0.3, 0.4) is 0 Å². The lowest BCUT2D eigenvalue weighted by Gasteiger charge is -2.34. The predicted octanol–water partition coefficient (Wildman–Crippen LogP) is 1.32. The van der Waals surface area contributed by atoms with Crippen LogP contribution in [0.25, 0.3) is 0 Å². The Hall–Kier alpha value is -0.810. The largest absolute Gasteiger partial charge is 0.444 e. The summed E-state index contributed by atoms with van der Waals surface area (Å²) in [7, 11) is 0. The molecule has 5 heteroatoms. The molecule has 5 nitrogen and oxygen atoms in total. The summed E-state index contributed by atoms with van der Waals surface area (Å²) >= 11 is 0. The second-order valence-corrected chi connectivity index (χ2v) is 5.50. The fraction of sp³-hybridized carbons (Fsp3) is 0.909. The lowest BCUT2D eigenvalue weighted by atomic mass is 10.2. The SMILES string of the molecule is CC(C)(C)OC(=O)N1C(CN)COC1(C)C. The van der Waals surface area contributed by atoms with E-state index in [2.05, 4.69) is 0 Å². The number of rotatable bonds is 1. The van der Waals surface area contributed by atoms with Gasteiger partial charge >= 0.3 is 6.09 Å². The summed E-state index contributed by atoms with van der Waals surface area (Å²) in [4.78, 5) is 13.6. The Bertz CT molecular complexity index is 271. The van der Waals surface area contributed by atoms with Gasteiger partial charge in [0.1, 0.15) is 11.3 Å². The van der Waals surface area contributed by atoms with Crippen LogP contribution >= 0.6 is 0 Å². The summed E-state index contributed by atoms with van der Waals surface area (Å²) in [5.41, 5.74) is 4.47. The zero-order valence-corrected chi connectivity index (χ0v) is 10.7. The number of carbonyl (C=O) groups is 1. The Kier molecular flexibility index (Phi) is 3.50. The first kappa shape index (κ1) is 13.3. The van der Waals surface area contributed by atoms with Crippen molar-refractivity contribution in [2.24, 2.45) is 5.73 Å². The molecule has 0 aromatic carbocycles. The molecule has 1 aliphatic heterocycles. The van der Waals surface area contributed by atoms with E-state index in [0.29, 0.717) is 13.2 Å². The minimum absolute atomic E-state index is 0.107. The smallest absolute Gasteiger partial charge is 0.412 e. The molecule has 1 amide bonds. The van der Waals surface area contributed by atoms with Crippen molar-refractivity contribution in [3.05, 3.63) is 0 Å². The molecule has 16 heavy (non-hydrogen) atoms. The standard InChI is InChI=1S/C11H22N2O3/c1-10(2,3)16-9(14)13-8(6-12)7-15-11(13,4)5/h8H,6-7,12H2,1-5H3. The Morgan fingerprint density at radius 1 is 1.56 bits per heavy atom. The van der Waals surface area contributed by atoms with Crippen molar-refractivity contribution in [3.63, 3.8) is 0 Å². The van der Waals surface area contributed by atoms with E-state index in [4.69, 9.17) is 15.2 Å². The molecule has 0 aromatic rings. The first-order valence-electron chi connectivity index (χ1n) is 5.54. The van der Waals surface area contributed by atoms with Gasteiger partial charge in [0.05, 0.1) is 12.6 Å².